The van der Waals surface area contributed by atoms with Crippen molar-refractivity contribution in [3.05, 3.63) is 12.2 Å². The Hall–Kier alpha value is -0.380. The van der Waals surface area contributed by atoms with Crippen LogP contribution in [0.3, 0.4) is 0 Å². The summed E-state index contributed by atoms with van der Waals surface area (Å²) >= 11 is 0. The number of rotatable bonds is 6. The molecule has 0 unspecified atom stereocenters. The van der Waals surface area contributed by atoms with E-state index in [0.717, 1.165) is 71.0 Å². The highest BCUT2D eigenvalue weighted by Crippen LogP contribution is 2.23. The summed E-state index contributed by atoms with van der Waals surface area (Å²) in [5.41, 5.74) is 1.10. The molecule has 2 saturated heterocycles. The fraction of sp³-hybridized carbons (Fsp3) is 0.833. The Morgan fingerprint density at radius 1 is 1.32 bits per heavy atom. The zero-order chi connectivity index (χ0) is 17.4. The van der Waals surface area contributed by atoms with Gasteiger partial charge < -0.3 is 20.1 Å². The monoisotopic (exact) mass is 466 g/mol. The van der Waals surface area contributed by atoms with Gasteiger partial charge in [0.2, 0.25) is 0 Å². The van der Waals surface area contributed by atoms with E-state index in [9.17, 15) is 0 Å². The van der Waals surface area contributed by atoms with Crippen LogP contribution in [0.4, 0.5) is 0 Å². The van der Waals surface area contributed by atoms with Crippen LogP contribution in [0, 0.1) is 0 Å². The molecule has 25 heavy (non-hydrogen) atoms. The van der Waals surface area contributed by atoms with Gasteiger partial charge in [-0.2, -0.15) is 0 Å². The summed E-state index contributed by atoms with van der Waals surface area (Å²) in [5, 5.41) is 7.02. The maximum Gasteiger partial charge on any atom is 0.191 e. The number of piperidine rings is 1. The van der Waals surface area contributed by atoms with Crippen LogP contribution in [0.2, 0.25) is 0 Å². The summed E-state index contributed by atoms with van der Waals surface area (Å²) < 4.78 is 11.2. The van der Waals surface area contributed by atoms with Gasteiger partial charge in [-0.15, -0.1) is 24.0 Å². The fourth-order valence-corrected chi connectivity index (χ4v) is 3.45. The van der Waals surface area contributed by atoms with Crippen molar-refractivity contribution in [2.45, 2.75) is 44.2 Å². The number of ether oxygens (including phenoxy) is 2. The quantitative estimate of drug-likeness (QED) is 0.272. The van der Waals surface area contributed by atoms with Crippen LogP contribution in [0.15, 0.2) is 17.1 Å². The van der Waals surface area contributed by atoms with Crippen LogP contribution in [0.5, 0.6) is 0 Å². The molecule has 2 aliphatic heterocycles. The summed E-state index contributed by atoms with van der Waals surface area (Å²) in [6, 6.07) is 0.478. The Kier molecular flexibility index (Phi) is 10.3. The first-order valence-electron chi connectivity index (χ1n) is 9.04. The number of nitrogens with zero attached hydrogens (tertiary/aromatic N) is 2. The van der Waals surface area contributed by atoms with Crippen molar-refractivity contribution in [3.63, 3.8) is 0 Å². The molecular formula is C18H35IN4O2. The molecular weight excluding hydrogens is 431 g/mol. The van der Waals surface area contributed by atoms with E-state index in [4.69, 9.17) is 9.47 Å². The molecule has 2 rings (SSSR count). The zero-order valence-corrected chi connectivity index (χ0v) is 18.3. The van der Waals surface area contributed by atoms with E-state index < -0.39 is 0 Å². The topological polar surface area (TPSA) is 58.1 Å². The van der Waals surface area contributed by atoms with Crippen molar-refractivity contribution in [2.75, 3.05) is 53.6 Å². The van der Waals surface area contributed by atoms with Crippen LogP contribution in [-0.4, -0.2) is 76.1 Å². The van der Waals surface area contributed by atoms with Crippen molar-refractivity contribution in [1.82, 2.24) is 15.5 Å². The first kappa shape index (κ1) is 22.7. The van der Waals surface area contributed by atoms with Gasteiger partial charge in [-0.25, -0.2) is 0 Å². The number of hydrogen-bond donors (Lipinski definition) is 2. The largest absolute Gasteiger partial charge is 0.381 e. The minimum absolute atomic E-state index is 0. The van der Waals surface area contributed by atoms with Crippen LogP contribution in [0.1, 0.15) is 32.6 Å². The molecule has 0 aromatic rings. The lowest BCUT2D eigenvalue weighted by Gasteiger charge is -2.37. The van der Waals surface area contributed by atoms with Gasteiger partial charge in [0.15, 0.2) is 5.96 Å². The van der Waals surface area contributed by atoms with E-state index in [-0.39, 0.29) is 29.6 Å². The third-order valence-electron chi connectivity index (χ3n) is 5.06. The average Bonchev–Trinajstić information content (AvgIpc) is 2.60. The standard InChI is InChI=1S/C18H34N4O2.HI/c1-15(2)13-22-9-5-16(6-10-22)21-17(19-3)20-14-18(23-4)7-11-24-12-8-18;/h16H,1,5-14H2,2-4H3,(H2,19,20,21);1H. The number of guanidine groups is 1. The smallest absolute Gasteiger partial charge is 0.191 e. The molecule has 0 saturated carbocycles. The Morgan fingerprint density at radius 3 is 2.48 bits per heavy atom. The highest BCUT2D eigenvalue weighted by molar-refractivity contribution is 14.0. The average molecular weight is 466 g/mol. The summed E-state index contributed by atoms with van der Waals surface area (Å²) in [6.07, 6.45) is 4.12. The first-order chi connectivity index (χ1) is 11.6. The predicted octanol–water partition coefficient (Wildman–Crippen LogP) is 2.01. The van der Waals surface area contributed by atoms with Gasteiger partial charge in [0, 0.05) is 72.4 Å². The van der Waals surface area contributed by atoms with E-state index in [2.05, 4.69) is 34.0 Å². The zero-order valence-electron chi connectivity index (χ0n) is 16.0. The van der Waals surface area contributed by atoms with Crippen LogP contribution < -0.4 is 10.6 Å². The Balaban J connectivity index is 0.00000312. The van der Waals surface area contributed by atoms with E-state index >= 15 is 0 Å². The Bertz CT molecular complexity index is 431. The summed E-state index contributed by atoms with van der Waals surface area (Å²) in [5.74, 6) is 0.872. The van der Waals surface area contributed by atoms with Gasteiger partial charge >= 0.3 is 0 Å². The van der Waals surface area contributed by atoms with Gasteiger partial charge in [0.05, 0.1) is 5.60 Å². The van der Waals surface area contributed by atoms with Gasteiger partial charge in [0.25, 0.3) is 0 Å². The molecule has 0 aromatic carbocycles. The molecule has 0 atom stereocenters. The van der Waals surface area contributed by atoms with Crippen LogP contribution in [-0.2, 0) is 9.47 Å². The highest BCUT2D eigenvalue weighted by Gasteiger charge is 2.32. The number of hydrogen-bond acceptors (Lipinski definition) is 4. The van der Waals surface area contributed by atoms with Gasteiger partial charge in [-0.3, -0.25) is 9.89 Å². The van der Waals surface area contributed by atoms with E-state index in [1.807, 2.05) is 7.05 Å². The van der Waals surface area contributed by atoms with Crippen molar-refractivity contribution in [2.24, 2.45) is 4.99 Å². The lowest BCUT2D eigenvalue weighted by Crippen LogP contribution is -2.53. The van der Waals surface area contributed by atoms with E-state index in [0.29, 0.717) is 6.04 Å². The molecule has 7 heteroatoms. The second-order valence-corrected chi connectivity index (χ2v) is 7.08. The predicted molar refractivity (Wildman–Crippen MR) is 114 cm³/mol. The molecule has 2 N–H and O–H groups in total. The third kappa shape index (κ3) is 7.40. The summed E-state index contributed by atoms with van der Waals surface area (Å²) in [7, 11) is 3.62. The fourth-order valence-electron chi connectivity index (χ4n) is 3.45. The van der Waals surface area contributed by atoms with Crippen molar-refractivity contribution >= 4 is 29.9 Å². The number of nitrogens with one attached hydrogen (secondary N) is 2. The summed E-state index contributed by atoms with van der Waals surface area (Å²) in [6.45, 7) is 11.6. The molecule has 0 radical (unpaired) electrons. The second-order valence-electron chi connectivity index (χ2n) is 7.08. The van der Waals surface area contributed by atoms with Gasteiger partial charge in [0.1, 0.15) is 0 Å². The Labute approximate surface area is 169 Å². The Morgan fingerprint density at radius 2 is 1.96 bits per heavy atom. The molecule has 2 aliphatic rings. The van der Waals surface area contributed by atoms with Crippen LogP contribution >= 0.6 is 24.0 Å². The lowest BCUT2D eigenvalue weighted by molar-refractivity contribution is -0.0855. The molecule has 0 aromatic heterocycles. The summed E-state index contributed by atoms with van der Waals surface area (Å²) in [4.78, 5) is 6.85. The molecule has 0 aliphatic carbocycles. The maximum absolute atomic E-state index is 5.77. The van der Waals surface area contributed by atoms with Gasteiger partial charge in [-0.1, -0.05) is 12.2 Å². The molecule has 2 heterocycles. The second kappa shape index (κ2) is 11.4. The molecule has 0 bridgehead atoms. The maximum atomic E-state index is 5.77. The van der Waals surface area contributed by atoms with E-state index in [1.165, 1.54) is 5.57 Å². The van der Waals surface area contributed by atoms with Gasteiger partial charge in [-0.05, 0) is 19.8 Å². The first-order valence-corrected chi connectivity index (χ1v) is 9.04. The lowest BCUT2D eigenvalue weighted by atomic mass is 9.94. The third-order valence-corrected chi connectivity index (χ3v) is 5.06. The molecule has 146 valence electrons. The normalized spacial score (nSPS) is 22.1. The van der Waals surface area contributed by atoms with Crippen molar-refractivity contribution in [3.8, 4) is 0 Å². The number of likely N-dealkylation sites (tertiary alicyclic amines) is 1. The molecule has 0 spiro atoms. The number of halogens is 1. The van der Waals surface area contributed by atoms with E-state index in [1.54, 1.807) is 7.11 Å². The minimum atomic E-state index is -0.138. The molecule has 6 nitrogen and oxygen atoms in total. The molecule has 0 amide bonds. The number of aliphatic imine (C=N–C) groups is 1. The highest BCUT2D eigenvalue weighted by atomic mass is 127. The molecule has 2 fully saturated rings. The van der Waals surface area contributed by atoms with Crippen molar-refractivity contribution in [1.29, 1.82) is 0 Å². The van der Waals surface area contributed by atoms with Crippen molar-refractivity contribution < 1.29 is 9.47 Å². The SMILES string of the molecule is C=C(C)CN1CCC(NC(=NC)NCC2(OC)CCOCC2)CC1.I. The van der Waals surface area contributed by atoms with Crippen LogP contribution in [0.25, 0.3) is 0 Å². The number of methoxy groups -OCH3 is 1. The minimum Gasteiger partial charge on any atom is -0.381 e.